The number of para-hydroxylation sites is 1. The van der Waals surface area contributed by atoms with Crippen LogP contribution in [0.25, 0.3) is 73.1 Å². The lowest BCUT2D eigenvalue weighted by Gasteiger charge is -2.30. The molecule has 46 heavy (non-hydrogen) atoms. The van der Waals surface area contributed by atoms with Gasteiger partial charge in [-0.1, -0.05) is 91.6 Å². The van der Waals surface area contributed by atoms with Crippen LogP contribution >= 0.6 is 0 Å². The van der Waals surface area contributed by atoms with E-state index in [2.05, 4.69) is 160 Å². The molecule has 0 unspecified atom stereocenters. The second-order valence-electron chi connectivity index (χ2n) is 12.1. The zero-order chi connectivity index (χ0) is 30.8. The Kier molecular flexibility index (Phi) is 6.01. The van der Waals surface area contributed by atoms with Gasteiger partial charge in [-0.05, 0) is 84.8 Å². The molecule has 0 N–H and O–H groups in total. The fraction of sp³-hybridized carbons (Fsp3) is 0.0698. The first-order chi connectivity index (χ1) is 22.8. The Hall–Kier alpha value is -5.80. The van der Waals surface area contributed by atoms with E-state index in [4.69, 9.17) is 0 Å². The summed E-state index contributed by atoms with van der Waals surface area (Å²) in [6.45, 7) is 7.01. The zero-order valence-corrected chi connectivity index (χ0v) is 25.8. The molecule has 9 rings (SSSR count). The molecule has 0 radical (unpaired) electrons. The van der Waals surface area contributed by atoms with Crippen molar-refractivity contribution in [3.63, 3.8) is 0 Å². The smallest absolute Gasteiger partial charge is 0.0640 e. The third-order valence-corrected chi connectivity index (χ3v) is 9.57. The monoisotopic (exact) mass is 591 g/mol. The molecule has 1 aliphatic carbocycles. The van der Waals surface area contributed by atoms with E-state index in [1.807, 2.05) is 13.0 Å². The third-order valence-electron chi connectivity index (χ3n) is 9.57. The van der Waals surface area contributed by atoms with E-state index >= 15 is 0 Å². The van der Waals surface area contributed by atoms with Gasteiger partial charge >= 0.3 is 0 Å². The topological polar surface area (TPSA) is 13.1 Å². The molecular weight excluding hydrogens is 558 g/mol. The highest BCUT2D eigenvalue weighted by atomic mass is 15.1. The predicted molar refractivity (Wildman–Crippen MR) is 198 cm³/mol. The van der Waals surface area contributed by atoms with Crippen LogP contribution in [0.4, 0.5) is 5.69 Å². The van der Waals surface area contributed by atoms with Gasteiger partial charge in [0.15, 0.2) is 0 Å². The number of allylic oxidation sites excluding steroid dienone is 6. The SMILES string of the molecule is C=C/C(=C\C=C/C)N1CC=Cc2c1cc1ccc3cccc4c3c1c2n4-c1ccc(-n2c3c(c4ccccc42)C=CCC=C3)cc1. The maximum Gasteiger partial charge on any atom is 0.0640 e. The maximum atomic E-state index is 4.16. The van der Waals surface area contributed by atoms with Crippen molar-refractivity contribution in [1.82, 2.24) is 9.13 Å². The number of rotatable bonds is 5. The van der Waals surface area contributed by atoms with Crippen molar-refractivity contribution < 1.29 is 0 Å². The Labute approximate surface area is 268 Å². The van der Waals surface area contributed by atoms with Crippen molar-refractivity contribution in [3.05, 3.63) is 157 Å². The first-order valence-electron chi connectivity index (χ1n) is 16.1. The summed E-state index contributed by atoms with van der Waals surface area (Å²) in [7, 11) is 0. The predicted octanol–water partition coefficient (Wildman–Crippen LogP) is 11.2. The first kappa shape index (κ1) is 26.6. The van der Waals surface area contributed by atoms with E-state index in [0.29, 0.717) is 0 Å². The van der Waals surface area contributed by atoms with Crippen LogP contribution in [-0.4, -0.2) is 15.7 Å². The van der Waals surface area contributed by atoms with E-state index in [1.165, 1.54) is 66.0 Å². The van der Waals surface area contributed by atoms with Crippen LogP contribution in [0.15, 0.2) is 140 Å². The Morgan fingerprint density at radius 3 is 2.33 bits per heavy atom. The average Bonchev–Trinajstić information content (AvgIpc) is 3.50. The van der Waals surface area contributed by atoms with Gasteiger partial charge in [-0.15, -0.1) is 0 Å². The van der Waals surface area contributed by atoms with Gasteiger partial charge in [0.2, 0.25) is 0 Å². The molecular formula is C43H33N3. The molecule has 0 spiro atoms. The van der Waals surface area contributed by atoms with Crippen LogP contribution in [0.2, 0.25) is 0 Å². The molecule has 2 aliphatic rings. The van der Waals surface area contributed by atoms with Crippen molar-refractivity contribution in [2.75, 3.05) is 11.4 Å². The number of fused-ring (bicyclic) bond motifs is 5. The highest BCUT2D eigenvalue weighted by Crippen LogP contribution is 2.46. The highest BCUT2D eigenvalue weighted by molar-refractivity contribution is 6.26. The summed E-state index contributed by atoms with van der Waals surface area (Å²) in [6.07, 6.45) is 22.8. The standard InChI is InChI=1S/C43H33N3/c1-3-5-14-31(4-2)44-27-12-17-36-40(44)28-30-22-21-29-13-11-20-39-41(29)42(30)43(36)46(39)33-25-23-32(24-26-33)45-37-18-8-6-7-15-34(37)35-16-9-10-19-38(35)45/h3-5,7-26,28H,2,6,27H2,1H3/b5-3-,31-14+. The first-order valence-corrected chi connectivity index (χ1v) is 16.1. The molecule has 0 saturated carbocycles. The molecule has 0 bridgehead atoms. The molecule has 0 saturated heterocycles. The Morgan fingerprint density at radius 1 is 0.717 bits per heavy atom. The highest BCUT2D eigenvalue weighted by Gasteiger charge is 2.25. The van der Waals surface area contributed by atoms with Crippen LogP contribution in [0.5, 0.6) is 0 Å². The molecule has 3 nitrogen and oxygen atoms in total. The number of anilines is 1. The molecule has 2 aromatic heterocycles. The van der Waals surface area contributed by atoms with Gasteiger partial charge in [-0.3, -0.25) is 0 Å². The second-order valence-corrected chi connectivity index (χ2v) is 12.1. The summed E-state index contributed by atoms with van der Waals surface area (Å²) in [5, 5.41) is 6.44. The lowest BCUT2D eigenvalue weighted by molar-refractivity contribution is 1.03. The molecule has 0 fully saturated rings. The molecule has 3 heterocycles. The van der Waals surface area contributed by atoms with E-state index in [-0.39, 0.29) is 0 Å². The van der Waals surface area contributed by atoms with Crippen LogP contribution < -0.4 is 4.90 Å². The minimum atomic E-state index is 0.802. The van der Waals surface area contributed by atoms with Gasteiger partial charge in [0.1, 0.15) is 0 Å². The molecule has 0 atom stereocenters. The van der Waals surface area contributed by atoms with Gasteiger partial charge in [0, 0.05) is 50.9 Å². The number of nitrogens with zero attached hydrogens (tertiary/aromatic N) is 3. The van der Waals surface area contributed by atoms with E-state index in [0.717, 1.165) is 30.0 Å². The Balaban J connectivity index is 1.29. The molecule has 7 aromatic rings. The molecule has 3 heteroatoms. The normalized spacial score (nSPS) is 14.7. The van der Waals surface area contributed by atoms with Crippen LogP contribution in [0.1, 0.15) is 30.2 Å². The van der Waals surface area contributed by atoms with Crippen molar-refractivity contribution >= 4 is 67.4 Å². The molecule has 5 aromatic carbocycles. The van der Waals surface area contributed by atoms with Gasteiger partial charge in [-0.25, -0.2) is 0 Å². The third kappa shape index (κ3) is 3.78. The van der Waals surface area contributed by atoms with Crippen molar-refractivity contribution in [2.24, 2.45) is 0 Å². The summed E-state index contributed by atoms with van der Waals surface area (Å²) in [5.41, 5.74) is 12.1. The number of hydrogen-bond acceptors (Lipinski definition) is 1. The lowest BCUT2D eigenvalue weighted by Crippen LogP contribution is -2.24. The van der Waals surface area contributed by atoms with Gasteiger partial charge in [0.05, 0.1) is 27.9 Å². The quantitative estimate of drug-likeness (QED) is 0.143. The van der Waals surface area contributed by atoms with Crippen LogP contribution in [-0.2, 0) is 0 Å². The second kappa shape index (κ2) is 10.4. The molecule has 0 amide bonds. The van der Waals surface area contributed by atoms with E-state index in [1.54, 1.807) is 0 Å². The van der Waals surface area contributed by atoms with Crippen molar-refractivity contribution in [1.29, 1.82) is 0 Å². The van der Waals surface area contributed by atoms with E-state index < -0.39 is 0 Å². The van der Waals surface area contributed by atoms with Gasteiger partial charge in [0.25, 0.3) is 0 Å². The van der Waals surface area contributed by atoms with Crippen molar-refractivity contribution in [3.8, 4) is 11.4 Å². The maximum absolute atomic E-state index is 4.16. The minimum Gasteiger partial charge on any atom is -0.337 e. The number of hydrogen-bond donors (Lipinski definition) is 0. The fourth-order valence-electron chi connectivity index (χ4n) is 7.61. The van der Waals surface area contributed by atoms with Gasteiger partial charge < -0.3 is 14.0 Å². The molecule has 1 aliphatic heterocycles. The van der Waals surface area contributed by atoms with Crippen LogP contribution in [0.3, 0.4) is 0 Å². The van der Waals surface area contributed by atoms with Crippen molar-refractivity contribution in [2.45, 2.75) is 13.3 Å². The molecule has 220 valence electrons. The minimum absolute atomic E-state index is 0.802. The lowest BCUT2D eigenvalue weighted by atomic mass is 9.96. The summed E-state index contributed by atoms with van der Waals surface area (Å²) < 4.78 is 4.87. The number of aromatic nitrogens is 2. The number of benzene rings is 5. The summed E-state index contributed by atoms with van der Waals surface area (Å²) >= 11 is 0. The summed E-state index contributed by atoms with van der Waals surface area (Å²) in [6, 6.07) is 31.4. The Bertz CT molecular complexity index is 2490. The largest absolute Gasteiger partial charge is 0.337 e. The zero-order valence-electron chi connectivity index (χ0n) is 25.8. The van der Waals surface area contributed by atoms with Gasteiger partial charge in [-0.2, -0.15) is 0 Å². The van der Waals surface area contributed by atoms with E-state index in [9.17, 15) is 0 Å². The summed E-state index contributed by atoms with van der Waals surface area (Å²) in [5.74, 6) is 0. The average molecular weight is 592 g/mol. The fourth-order valence-corrected chi connectivity index (χ4v) is 7.61. The van der Waals surface area contributed by atoms with Crippen LogP contribution in [0, 0.1) is 0 Å². The Morgan fingerprint density at radius 2 is 1.48 bits per heavy atom. The summed E-state index contributed by atoms with van der Waals surface area (Å²) in [4.78, 5) is 2.37.